The minimum atomic E-state index is 0.311. The van der Waals surface area contributed by atoms with Gasteiger partial charge in [0.15, 0.2) is 0 Å². The van der Waals surface area contributed by atoms with E-state index >= 15 is 0 Å². The van der Waals surface area contributed by atoms with Gasteiger partial charge in [-0.1, -0.05) is 25.4 Å². The monoisotopic (exact) mass is 275 g/mol. The Morgan fingerprint density at radius 1 is 1.64 bits per heavy atom. The van der Waals surface area contributed by atoms with Crippen LogP contribution in [0.4, 0.5) is 0 Å². The zero-order valence-electron chi connectivity index (χ0n) is 8.04. The van der Waals surface area contributed by atoms with Crippen LogP contribution < -0.4 is 0 Å². The van der Waals surface area contributed by atoms with Crippen LogP contribution in [0.15, 0.2) is 9.60 Å². The van der Waals surface area contributed by atoms with Gasteiger partial charge in [0.1, 0.15) is 9.63 Å². The normalized spacial score (nSPS) is 20.2. The lowest BCUT2D eigenvalue weighted by Crippen LogP contribution is -2.26. The lowest BCUT2D eigenvalue weighted by molar-refractivity contribution is 0.406. The predicted octanol–water partition coefficient (Wildman–Crippen LogP) is 2.76. The Kier molecular flexibility index (Phi) is 2.66. The van der Waals surface area contributed by atoms with Crippen molar-refractivity contribution in [2.75, 3.05) is 0 Å². The first-order valence-corrected chi connectivity index (χ1v) is 5.71. The van der Waals surface area contributed by atoms with Crippen molar-refractivity contribution >= 4 is 33.7 Å². The second-order valence-electron chi connectivity index (χ2n) is 3.76. The number of halogens is 2. The summed E-state index contributed by atoms with van der Waals surface area (Å²) in [7, 11) is 0. The molecule has 1 aliphatic heterocycles. The molecule has 0 N–H and O–H groups in total. The standard InChI is InChI=1S/C9H11BrClN3/c1-5(2)6-4-14-7(3-12-6)8(11)9(10)13-14/h3,5-6H,4H2,1-2H3. The molecule has 14 heavy (non-hydrogen) atoms. The number of aromatic nitrogens is 2. The highest BCUT2D eigenvalue weighted by atomic mass is 79.9. The van der Waals surface area contributed by atoms with E-state index in [1.54, 1.807) is 0 Å². The summed E-state index contributed by atoms with van der Waals surface area (Å²) in [6, 6.07) is 0.311. The number of nitrogens with zero attached hydrogens (tertiary/aromatic N) is 3. The van der Waals surface area contributed by atoms with Crippen molar-refractivity contribution in [2.24, 2.45) is 10.9 Å². The van der Waals surface area contributed by atoms with Gasteiger partial charge in [-0.25, -0.2) is 0 Å². The fourth-order valence-corrected chi connectivity index (χ4v) is 2.04. The molecular formula is C9H11BrClN3. The molecule has 76 valence electrons. The predicted molar refractivity (Wildman–Crippen MR) is 61.2 cm³/mol. The quantitative estimate of drug-likeness (QED) is 0.776. The number of hydrogen-bond donors (Lipinski definition) is 0. The first-order valence-electron chi connectivity index (χ1n) is 4.54. The second-order valence-corrected chi connectivity index (χ2v) is 4.89. The molecule has 0 radical (unpaired) electrons. The number of fused-ring (bicyclic) bond motifs is 1. The van der Waals surface area contributed by atoms with E-state index in [1.807, 2.05) is 10.9 Å². The summed E-state index contributed by atoms with van der Waals surface area (Å²) in [6.45, 7) is 5.13. The second kappa shape index (κ2) is 3.66. The summed E-state index contributed by atoms with van der Waals surface area (Å²) in [5.41, 5.74) is 0.899. The Balaban J connectivity index is 2.35. The molecule has 0 aromatic carbocycles. The zero-order chi connectivity index (χ0) is 10.3. The van der Waals surface area contributed by atoms with Gasteiger partial charge >= 0.3 is 0 Å². The first-order chi connectivity index (χ1) is 6.59. The fourth-order valence-electron chi connectivity index (χ4n) is 1.46. The summed E-state index contributed by atoms with van der Waals surface area (Å²) in [5, 5.41) is 4.94. The van der Waals surface area contributed by atoms with E-state index in [0.717, 1.165) is 12.2 Å². The number of rotatable bonds is 1. The maximum atomic E-state index is 6.03. The SMILES string of the molecule is CC(C)C1Cn2nc(Br)c(Cl)c2C=N1. The van der Waals surface area contributed by atoms with Crippen LogP contribution >= 0.6 is 27.5 Å². The average molecular weight is 277 g/mol. The molecule has 0 aliphatic carbocycles. The Hall–Kier alpha value is -0.350. The molecule has 1 aromatic heterocycles. The van der Waals surface area contributed by atoms with E-state index in [0.29, 0.717) is 21.6 Å². The van der Waals surface area contributed by atoms with E-state index in [9.17, 15) is 0 Å². The van der Waals surface area contributed by atoms with E-state index < -0.39 is 0 Å². The maximum absolute atomic E-state index is 6.03. The van der Waals surface area contributed by atoms with E-state index in [4.69, 9.17) is 11.6 Å². The average Bonchev–Trinajstić information content (AvgIpc) is 2.42. The van der Waals surface area contributed by atoms with E-state index in [1.165, 1.54) is 0 Å². The van der Waals surface area contributed by atoms with Crippen LogP contribution in [0.5, 0.6) is 0 Å². The lowest BCUT2D eigenvalue weighted by Gasteiger charge is -2.20. The topological polar surface area (TPSA) is 30.2 Å². The van der Waals surface area contributed by atoms with Crippen LogP contribution in [0.1, 0.15) is 19.5 Å². The van der Waals surface area contributed by atoms with E-state index in [2.05, 4.69) is 39.9 Å². The van der Waals surface area contributed by atoms with Crippen molar-refractivity contribution < 1.29 is 0 Å². The van der Waals surface area contributed by atoms with Gasteiger partial charge in [-0.2, -0.15) is 5.10 Å². The molecule has 0 fully saturated rings. The molecule has 0 spiro atoms. The third-order valence-corrected chi connectivity index (χ3v) is 3.57. The Morgan fingerprint density at radius 2 is 2.36 bits per heavy atom. The minimum absolute atomic E-state index is 0.311. The highest BCUT2D eigenvalue weighted by Gasteiger charge is 2.22. The molecule has 5 heteroatoms. The summed E-state index contributed by atoms with van der Waals surface area (Å²) in [4.78, 5) is 4.45. The van der Waals surface area contributed by atoms with Gasteiger partial charge in [0, 0.05) is 6.21 Å². The Bertz CT molecular complexity index is 384. The molecule has 0 saturated heterocycles. The van der Waals surface area contributed by atoms with Crippen LogP contribution in [0.25, 0.3) is 0 Å². The molecule has 2 heterocycles. The molecule has 3 nitrogen and oxygen atoms in total. The number of hydrogen-bond acceptors (Lipinski definition) is 2. The van der Waals surface area contributed by atoms with Crippen molar-refractivity contribution in [3.05, 3.63) is 15.3 Å². The Labute approximate surface area is 96.3 Å². The third-order valence-electron chi connectivity index (χ3n) is 2.41. The van der Waals surface area contributed by atoms with Gasteiger partial charge < -0.3 is 0 Å². The fraction of sp³-hybridized carbons (Fsp3) is 0.556. The molecule has 0 saturated carbocycles. The zero-order valence-corrected chi connectivity index (χ0v) is 10.4. The summed E-state index contributed by atoms with van der Waals surface area (Å²) < 4.78 is 2.61. The largest absolute Gasteiger partial charge is 0.285 e. The summed E-state index contributed by atoms with van der Waals surface area (Å²) in [5.74, 6) is 0.529. The van der Waals surface area contributed by atoms with Gasteiger partial charge in [0.05, 0.1) is 18.3 Å². The Morgan fingerprint density at radius 3 is 3.00 bits per heavy atom. The third kappa shape index (κ3) is 1.61. The van der Waals surface area contributed by atoms with Crippen molar-refractivity contribution in [3.63, 3.8) is 0 Å². The smallest absolute Gasteiger partial charge is 0.147 e. The molecule has 1 atom stereocenters. The van der Waals surface area contributed by atoms with Crippen LogP contribution in [-0.2, 0) is 6.54 Å². The molecule has 1 aliphatic rings. The molecule has 0 bridgehead atoms. The van der Waals surface area contributed by atoms with Crippen LogP contribution in [0.2, 0.25) is 5.02 Å². The van der Waals surface area contributed by atoms with Gasteiger partial charge in [-0.05, 0) is 21.8 Å². The van der Waals surface area contributed by atoms with Crippen LogP contribution in [0, 0.1) is 5.92 Å². The molecule has 0 amide bonds. The van der Waals surface area contributed by atoms with Crippen molar-refractivity contribution in [1.29, 1.82) is 0 Å². The number of aliphatic imine (C=N–C) groups is 1. The van der Waals surface area contributed by atoms with E-state index in [-0.39, 0.29) is 0 Å². The maximum Gasteiger partial charge on any atom is 0.147 e. The van der Waals surface area contributed by atoms with Crippen molar-refractivity contribution in [1.82, 2.24) is 9.78 Å². The molecule has 1 aromatic rings. The van der Waals surface area contributed by atoms with Gasteiger partial charge in [0.25, 0.3) is 0 Å². The highest BCUT2D eigenvalue weighted by molar-refractivity contribution is 9.10. The lowest BCUT2D eigenvalue weighted by atomic mass is 10.0. The summed E-state index contributed by atoms with van der Waals surface area (Å²) >= 11 is 9.34. The van der Waals surface area contributed by atoms with Crippen molar-refractivity contribution in [2.45, 2.75) is 26.4 Å². The minimum Gasteiger partial charge on any atom is -0.285 e. The molecular weight excluding hydrogens is 265 g/mol. The first kappa shape index (κ1) is 10.2. The van der Waals surface area contributed by atoms with Crippen molar-refractivity contribution in [3.8, 4) is 0 Å². The highest BCUT2D eigenvalue weighted by Crippen LogP contribution is 2.27. The molecule has 2 rings (SSSR count). The van der Waals surface area contributed by atoms with Gasteiger partial charge in [-0.3, -0.25) is 9.67 Å². The van der Waals surface area contributed by atoms with Crippen LogP contribution in [-0.4, -0.2) is 22.0 Å². The van der Waals surface area contributed by atoms with Gasteiger partial charge in [-0.15, -0.1) is 0 Å². The van der Waals surface area contributed by atoms with Gasteiger partial charge in [0.2, 0.25) is 0 Å². The van der Waals surface area contributed by atoms with Crippen LogP contribution in [0.3, 0.4) is 0 Å². The summed E-state index contributed by atoms with van der Waals surface area (Å²) in [6.07, 6.45) is 1.81. The molecule has 1 unspecified atom stereocenters.